The highest BCUT2D eigenvalue weighted by molar-refractivity contribution is 6.39. The van der Waals surface area contributed by atoms with E-state index in [9.17, 15) is 44.1 Å². The predicted molar refractivity (Wildman–Crippen MR) is 254 cm³/mol. The van der Waals surface area contributed by atoms with E-state index < -0.39 is 89.9 Å². The number of hydrogen-bond donors (Lipinski definition) is 4. The molecule has 68 heavy (non-hydrogen) atoms. The van der Waals surface area contributed by atoms with Crippen LogP contribution in [0.15, 0.2) is 47.6 Å². The number of fused-ring (bicyclic) bond motifs is 3. The molecule has 10 unspecified atom stereocenters. The molecule has 16 nitrogen and oxygen atoms in total. The van der Waals surface area contributed by atoms with Gasteiger partial charge in [-0.15, -0.1) is 0 Å². The van der Waals surface area contributed by atoms with Gasteiger partial charge in [0.15, 0.2) is 5.78 Å². The smallest absolute Gasteiger partial charge is 0.407 e. The van der Waals surface area contributed by atoms with Gasteiger partial charge in [0.2, 0.25) is 5.79 Å². The van der Waals surface area contributed by atoms with Crippen LogP contribution >= 0.6 is 0 Å². The maximum Gasteiger partial charge on any atom is 0.407 e. The molecule has 1 aliphatic carbocycles. The lowest BCUT2D eigenvalue weighted by Crippen LogP contribution is -2.61. The van der Waals surface area contributed by atoms with Crippen molar-refractivity contribution >= 4 is 35.3 Å². The summed E-state index contributed by atoms with van der Waals surface area (Å²) >= 11 is 0. The normalized spacial score (nSPS) is 39.0. The van der Waals surface area contributed by atoms with Crippen LogP contribution in [-0.2, 0) is 47.7 Å². The second kappa shape index (κ2) is 26.2. The van der Waals surface area contributed by atoms with Gasteiger partial charge in [0.1, 0.15) is 30.1 Å². The van der Waals surface area contributed by atoms with Crippen molar-refractivity contribution in [2.75, 3.05) is 27.9 Å². The quantitative estimate of drug-likeness (QED) is 0.139. The van der Waals surface area contributed by atoms with E-state index in [-0.39, 0.29) is 61.2 Å². The lowest BCUT2D eigenvalue weighted by Gasteiger charge is -2.43. The second-order valence-corrected chi connectivity index (χ2v) is 20.1. The van der Waals surface area contributed by atoms with Crippen LogP contribution in [-0.4, -0.2) is 138 Å². The Bertz CT molecular complexity index is 1880. The largest absolute Gasteiger partial charge is 0.460 e. The summed E-state index contributed by atoms with van der Waals surface area (Å²) in [6.45, 7) is 12.4. The number of esters is 1. The van der Waals surface area contributed by atoms with Crippen LogP contribution in [0, 0.1) is 35.5 Å². The summed E-state index contributed by atoms with van der Waals surface area (Å²) in [6.07, 6.45) is 9.63. The number of aliphatic hydroxyl groups excluding tert-OH is 2. The Morgan fingerprint density at radius 2 is 1.62 bits per heavy atom. The number of rotatable bonds is 6. The number of hydrogen-bond acceptors (Lipinski definition) is 14. The molecular formula is C52H80N2O14. The zero-order valence-electron chi connectivity index (χ0n) is 42.0. The van der Waals surface area contributed by atoms with Gasteiger partial charge < -0.3 is 49.2 Å². The lowest BCUT2D eigenvalue weighted by atomic mass is 9.78. The van der Waals surface area contributed by atoms with Gasteiger partial charge in [-0.2, -0.15) is 0 Å². The molecule has 2 saturated heterocycles. The van der Waals surface area contributed by atoms with E-state index in [0.29, 0.717) is 68.9 Å². The number of piperidine rings is 1. The molecule has 16 heteroatoms. The number of ether oxygens (including phenoxy) is 5. The monoisotopic (exact) mass is 957 g/mol. The first-order valence-electron chi connectivity index (χ1n) is 24.6. The molecule has 3 aliphatic heterocycles. The number of methoxy groups -OCH3 is 3. The van der Waals surface area contributed by atoms with Gasteiger partial charge in [0, 0.05) is 44.9 Å². The molecule has 3 heterocycles. The summed E-state index contributed by atoms with van der Waals surface area (Å²) in [5.74, 6) is -8.50. The second-order valence-electron chi connectivity index (χ2n) is 20.1. The SMILES string of the molecule is COC(=O)NC1CC2CC[C@@H](C)C(O)(O2)C(=O)C(=O)N2CCCC[C@H]2C(=O)OC(C(C)CC2CCC(O)C(OC)C2)CC(=O)[C@H](C)/C=C(\C)C(O)C(OC)C(=O)[C@H](C)C[C@H](C)/C=C/C=C/C=C/1C. The number of amides is 2. The lowest BCUT2D eigenvalue weighted by molar-refractivity contribution is -0.264. The van der Waals surface area contributed by atoms with Gasteiger partial charge in [-0.05, 0) is 108 Å². The Labute approximate surface area is 403 Å². The van der Waals surface area contributed by atoms with E-state index in [2.05, 4.69) is 5.32 Å². The Morgan fingerprint density at radius 3 is 2.29 bits per heavy atom. The minimum absolute atomic E-state index is 0.0344. The van der Waals surface area contributed by atoms with Gasteiger partial charge in [0.25, 0.3) is 11.7 Å². The number of nitrogens with zero attached hydrogens (tertiary/aromatic N) is 1. The van der Waals surface area contributed by atoms with E-state index in [0.717, 1.165) is 4.90 Å². The standard InChI is InChI=1S/C52H80N2O14/c1-30-16-12-11-13-17-31(2)39(53-51(62)66-10)28-38-21-19-36(7)52(63,68-38)48(59)49(60)54-23-15-14-18-40(54)50(61)67-43(33(4)26-37-20-22-41(55)44(27-37)64-8)29-42(56)32(3)25-35(6)46(58)47(65-9)45(57)34(5)24-30/h11-13,16-17,25,30,32-34,36-41,43-44,46-47,55,58,63H,14-15,18-24,26-29H2,1-10H3,(H,53,62)/b13-11+,16-12+,31-17+,35-25+/t30-,32-,33?,34-,36-,37?,38?,39?,40+,41?,43?,44?,46?,47?,52?/m1/s1. The topological polar surface area (TPSA) is 225 Å². The van der Waals surface area contributed by atoms with Crippen LogP contribution in [0.4, 0.5) is 4.79 Å². The molecular weight excluding hydrogens is 877 g/mol. The van der Waals surface area contributed by atoms with E-state index in [4.69, 9.17) is 23.7 Å². The first-order valence-corrected chi connectivity index (χ1v) is 24.6. The zero-order valence-corrected chi connectivity index (χ0v) is 42.0. The third-order valence-electron chi connectivity index (χ3n) is 14.7. The Kier molecular flexibility index (Phi) is 21.8. The highest BCUT2D eigenvalue weighted by atomic mass is 16.6. The van der Waals surface area contributed by atoms with E-state index >= 15 is 0 Å². The number of carbonyl (C=O) groups excluding carboxylic acids is 6. The van der Waals surface area contributed by atoms with Crippen molar-refractivity contribution in [3.8, 4) is 0 Å². The van der Waals surface area contributed by atoms with Crippen LogP contribution in [0.2, 0.25) is 0 Å². The zero-order chi connectivity index (χ0) is 50.5. The van der Waals surface area contributed by atoms with Crippen molar-refractivity contribution in [2.45, 2.75) is 180 Å². The maximum absolute atomic E-state index is 14.4. The Hall–Kier alpha value is -4.06. The molecule has 2 amide bonds. The molecule has 0 radical (unpaired) electrons. The van der Waals surface area contributed by atoms with Gasteiger partial charge in [-0.1, -0.05) is 76.6 Å². The molecule has 0 aromatic heterocycles. The molecule has 4 aliphatic rings. The van der Waals surface area contributed by atoms with Crippen LogP contribution in [0.5, 0.6) is 0 Å². The molecule has 0 aromatic carbocycles. The molecule has 382 valence electrons. The highest BCUT2D eigenvalue weighted by Crippen LogP contribution is 2.37. The van der Waals surface area contributed by atoms with Crippen LogP contribution in [0.25, 0.3) is 0 Å². The van der Waals surface area contributed by atoms with Crippen molar-refractivity contribution in [1.29, 1.82) is 0 Å². The summed E-state index contributed by atoms with van der Waals surface area (Å²) in [4.78, 5) is 84.6. The van der Waals surface area contributed by atoms with Crippen molar-refractivity contribution in [2.24, 2.45) is 35.5 Å². The summed E-state index contributed by atoms with van der Waals surface area (Å²) in [6, 6.07) is -1.83. The van der Waals surface area contributed by atoms with Crippen LogP contribution in [0.3, 0.4) is 0 Å². The average molecular weight is 957 g/mol. The van der Waals surface area contributed by atoms with Crippen molar-refractivity contribution < 1.29 is 67.8 Å². The molecule has 4 rings (SSSR count). The predicted octanol–water partition coefficient (Wildman–Crippen LogP) is 5.89. The Balaban J connectivity index is 1.73. The van der Waals surface area contributed by atoms with Gasteiger partial charge >= 0.3 is 12.1 Å². The molecule has 0 aromatic rings. The summed E-state index contributed by atoms with van der Waals surface area (Å²) < 4.78 is 28.4. The first-order chi connectivity index (χ1) is 32.1. The minimum atomic E-state index is -2.53. The number of nitrogens with one attached hydrogen (secondary N) is 1. The van der Waals surface area contributed by atoms with E-state index in [1.54, 1.807) is 53.0 Å². The molecule has 1 saturated carbocycles. The number of allylic oxidation sites excluding steroid dienone is 6. The fourth-order valence-electron chi connectivity index (χ4n) is 10.2. The fraction of sp³-hybridized carbons (Fsp3) is 0.731. The van der Waals surface area contributed by atoms with Crippen LogP contribution < -0.4 is 5.32 Å². The number of alkyl carbamates (subject to hydrolysis) is 1. The van der Waals surface area contributed by atoms with Gasteiger partial charge in [0.05, 0.1) is 31.5 Å². The van der Waals surface area contributed by atoms with Crippen molar-refractivity contribution in [1.82, 2.24) is 10.2 Å². The molecule has 15 atom stereocenters. The Morgan fingerprint density at radius 1 is 0.897 bits per heavy atom. The number of Topliss-reactive ketones (excluding diaryl/α,β-unsaturated/α-hetero) is 3. The van der Waals surface area contributed by atoms with Crippen LogP contribution in [0.1, 0.15) is 126 Å². The van der Waals surface area contributed by atoms with Gasteiger partial charge in [-0.25, -0.2) is 9.59 Å². The molecule has 4 N–H and O–H groups in total. The van der Waals surface area contributed by atoms with Crippen molar-refractivity contribution in [3.63, 3.8) is 0 Å². The van der Waals surface area contributed by atoms with Crippen molar-refractivity contribution in [3.05, 3.63) is 47.6 Å². The summed E-state index contributed by atoms with van der Waals surface area (Å²) in [5.41, 5.74) is 1.08. The van der Waals surface area contributed by atoms with E-state index in [1.165, 1.54) is 14.2 Å². The minimum Gasteiger partial charge on any atom is -0.460 e. The molecule has 2 bridgehead atoms. The first kappa shape index (κ1) is 56.5. The summed E-state index contributed by atoms with van der Waals surface area (Å²) in [7, 11) is 4.16. The highest BCUT2D eigenvalue weighted by Gasteiger charge is 2.53. The number of aliphatic hydroxyl groups is 3. The molecule has 0 spiro atoms. The summed E-state index contributed by atoms with van der Waals surface area (Å²) in [5, 5.41) is 36.8. The number of cyclic esters (lactones) is 1. The number of carbonyl (C=O) groups is 6. The third-order valence-corrected chi connectivity index (χ3v) is 14.7. The number of ketones is 3. The van der Waals surface area contributed by atoms with E-state index in [1.807, 2.05) is 39.0 Å². The van der Waals surface area contributed by atoms with Gasteiger partial charge in [-0.3, -0.25) is 19.2 Å². The molecule has 3 fully saturated rings. The maximum atomic E-state index is 14.4. The average Bonchev–Trinajstić information content (AvgIpc) is 3.31. The fourth-order valence-corrected chi connectivity index (χ4v) is 10.2. The third kappa shape index (κ3) is 15.0.